The molecule has 0 rings (SSSR count). The molecule has 0 aliphatic heterocycles. The Morgan fingerprint density at radius 3 is 0.633 bits per heavy atom. The van der Waals surface area contributed by atoms with E-state index in [-0.39, 0.29) is 48.1 Å². The molecule has 4 N–H and O–H groups in total. The molecule has 8 nitrogen and oxygen atoms in total. The molecule has 0 fully saturated rings. The Kier molecular flexibility index (Phi) is 69.5. The van der Waals surface area contributed by atoms with Crippen molar-refractivity contribution < 1.29 is 62.6 Å². The largest absolute Gasteiger partial charge is 4.00 e. The van der Waals surface area contributed by atoms with Crippen molar-refractivity contribution in [3.63, 3.8) is 0 Å². The molecule has 9 heteroatoms. The molecule has 184 valence electrons. The van der Waals surface area contributed by atoms with Crippen LogP contribution in [-0.2, 0) is 21.7 Å². The second kappa shape index (κ2) is 47.3. The summed E-state index contributed by atoms with van der Waals surface area (Å²) in [7, 11) is 0. The second-order valence-corrected chi connectivity index (χ2v) is 6.36. The van der Waals surface area contributed by atoms with E-state index in [0.717, 1.165) is 51.4 Å². The first kappa shape index (κ1) is 44.1. The summed E-state index contributed by atoms with van der Waals surface area (Å²) >= 11 is 0. The van der Waals surface area contributed by atoms with Gasteiger partial charge in [-0.1, -0.05) is 79.1 Å². The van der Waals surface area contributed by atoms with Gasteiger partial charge in [0.15, 0.2) is 0 Å². The van der Waals surface area contributed by atoms with Gasteiger partial charge in [0, 0.05) is 0 Å². The van der Waals surface area contributed by atoms with Crippen LogP contribution in [0.5, 0.6) is 0 Å². The summed E-state index contributed by atoms with van der Waals surface area (Å²) in [6, 6.07) is 0. The SMILES string of the molecule is CCCC[O-].CCCC[O-].CCCC[O-].CCCC[O-].OCC(CO)(CO)CO.[Ti+4]. The van der Waals surface area contributed by atoms with E-state index >= 15 is 0 Å². The summed E-state index contributed by atoms with van der Waals surface area (Å²) in [5.74, 6) is 0. The van der Waals surface area contributed by atoms with Gasteiger partial charge in [0.2, 0.25) is 0 Å². The zero-order chi connectivity index (χ0) is 23.8. The minimum atomic E-state index is -1.11. The average molecular weight is 476 g/mol. The van der Waals surface area contributed by atoms with Gasteiger partial charge in [0.05, 0.1) is 31.8 Å². The maximum Gasteiger partial charge on any atom is 4.00 e. The van der Waals surface area contributed by atoms with Crippen molar-refractivity contribution in [3.8, 4) is 0 Å². The summed E-state index contributed by atoms with van der Waals surface area (Å²) in [6.07, 6.45) is 7.46. The predicted molar refractivity (Wildman–Crippen MR) is 110 cm³/mol. The third kappa shape index (κ3) is 51.2. The van der Waals surface area contributed by atoms with Crippen LogP contribution in [0.3, 0.4) is 0 Å². The fraction of sp³-hybridized carbons (Fsp3) is 1.00. The molecular weight excluding hydrogens is 428 g/mol. The van der Waals surface area contributed by atoms with Crippen LogP contribution < -0.4 is 20.4 Å². The number of rotatable bonds is 12. The van der Waals surface area contributed by atoms with Gasteiger partial charge in [-0.05, 0) is 0 Å². The quantitative estimate of drug-likeness (QED) is 0.247. The third-order valence-electron chi connectivity index (χ3n) is 3.33. The van der Waals surface area contributed by atoms with Gasteiger partial charge in [0.25, 0.3) is 0 Å². The van der Waals surface area contributed by atoms with Crippen molar-refractivity contribution in [3.05, 3.63) is 0 Å². The molecule has 0 heterocycles. The van der Waals surface area contributed by atoms with Crippen molar-refractivity contribution in [2.75, 3.05) is 52.9 Å². The second-order valence-electron chi connectivity index (χ2n) is 6.36. The summed E-state index contributed by atoms with van der Waals surface area (Å²) in [5.41, 5.74) is -1.11. The van der Waals surface area contributed by atoms with E-state index in [4.69, 9.17) is 20.4 Å². The Labute approximate surface area is 199 Å². The minimum Gasteiger partial charge on any atom is -0.854 e. The fourth-order valence-corrected chi connectivity index (χ4v) is 0.877. The first-order valence-corrected chi connectivity index (χ1v) is 10.7. The van der Waals surface area contributed by atoms with E-state index in [9.17, 15) is 20.4 Å². The summed E-state index contributed by atoms with van der Waals surface area (Å²) < 4.78 is 0. The van der Waals surface area contributed by atoms with E-state index in [1.54, 1.807) is 0 Å². The van der Waals surface area contributed by atoms with Gasteiger partial charge in [-0.25, -0.2) is 0 Å². The van der Waals surface area contributed by atoms with Crippen LogP contribution in [0.4, 0.5) is 0 Å². The maximum absolute atomic E-state index is 9.53. The fourth-order valence-electron chi connectivity index (χ4n) is 0.877. The normalized spacial score (nSPS) is 9.20. The molecule has 0 saturated heterocycles. The van der Waals surface area contributed by atoms with Crippen LogP contribution in [0.15, 0.2) is 0 Å². The number of hydrogen-bond acceptors (Lipinski definition) is 8. The third-order valence-corrected chi connectivity index (χ3v) is 3.33. The summed E-state index contributed by atoms with van der Waals surface area (Å²) in [5, 5.41) is 72.1. The van der Waals surface area contributed by atoms with Gasteiger partial charge in [-0.15, -0.1) is 26.4 Å². The van der Waals surface area contributed by atoms with Gasteiger partial charge >= 0.3 is 21.7 Å². The van der Waals surface area contributed by atoms with E-state index < -0.39 is 31.8 Å². The standard InChI is InChI=1S/C5H12O4.4C4H9O.Ti/c6-1-5(2-7,3-8)4-9;4*1-2-3-4-5;/h6-9H,1-4H2;4*2-4H2,1H3;/q;4*-1;+4. The molecule has 0 bridgehead atoms. The zero-order valence-corrected chi connectivity index (χ0v) is 21.3. The summed E-state index contributed by atoms with van der Waals surface area (Å²) in [6.45, 7) is 6.80. The molecule has 0 aliphatic rings. The van der Waals surface area contributed by atoms with Crippen molar-refractivity contribution in [2.24, 2.45) is 5.41 Å². The van der Waals surface area contributed by atoms with Gasteiger partial charge < -0.3 is 40.9 Å². The molecule has 0 saturated carbocycles. The molecule has 30 heavy (non-hydrogen) atoms. The summed E-state index contributed by atoms with van der Waals surface area (Å²) in [4.78, 5) is 0. The molecule has 0 radical (unpaired) electrons. The van der Waals surface area contributed by atoms with Crippen LogP contribution in [-0.4, -0.2) is 73.3 Å². The molecule has 0 unspecified atom stereocenters. The first-order valence-electron chi connectivity index (χ1n) is 10.7. The van der Waals surface area contributed by atoms with Crippen molar-refractivity contribution in [1.82, 2.24) is 0 Å². The van der Waals surface area contributed by atoms with Gasteiger partial charge in [-0.2, -0.15) is 0 Å². The Morgan fingerprint density at radius 1 is 0.467 bits per heavy atom. The minimum absolute atomic E-state index is 0. The first-order chi connectivity index (χ1) is 13.9. The Hall–Kier alpha value is 0.394. The molecule has 0 aliphatic carbocycles. The molecule has 0 amide bonds. The smallest absolute Gasteiger partial charge is 0.854 e. The predicted octanol–water partition coefficient (Wildman–Crippen LogP) is -1.47. The molecular formula is C21H48O8Ti. The molecule has 0 atom stereocenters. The van der Waals surface area contributed by atoms with E-state index in [1.807, 2.05) is 27.7 Å². The van der Waals surface area contributed by atoms with Crippen LogP contribution in [0, 0.1) is 5.41 Å². The average Bonchev–Trinajstić information content (AvgIpc) is 2.74. The van der Waals surface area contributed by atoms with E-state index in [2.05, 4.69) is 0 Å². The maximum atomic E-state index is 9.53. The number of aliphatic hydroxyl groups is 4. The molecule has 0 aromatic rings. The van der Waals surface area contributed by atoms with Crippen LogP contribution in [0.25, 0.3) is 0 Å². The van der Waals surface area contributed by atoms with Crippen LogP contribution in [0.2, 0.25) is 0 Å². The van der Waals surface area contributed by atoms with Crippen molar-refractivity contribution in [1.29, 1.82) is 0 Å². The molecule has 0 aromatic heterocycles. The molecule has 0 aromatic carbocycles. The van der Waals surface area contributed by atoms with E-state index in [1.165, 1.54) is 0 Å². The van der Waals surface area contributed by atoms with Crippen molar-refractivity contribution in [2.45, 2.75) is 79.1 Å². The number of hydrogen-bond donors (Lipinski definition) is 4. The Morgan fingerprint density at radius 2 is 0.633 bits per heavy atom. The monoisotopic (exact) mass is 476 g/mol. The topological polar surface area (TPSA) is 173 Å². The molecule has 0 spiro atoms. The van der Waals surface area contributed by atoms with Crippen molar-refractivity contribution >= 4 is 0 Å². The van der Waals surface area contributed by atoms with Gasteiger partial charge in [0.1, 0.15) is 0 Å². The number of aliphatic hydroxyl groups excluding tert-OH is 4. The zero-order valence-electron chi connectivity index (χ0n) is 19.7. The Bertz CT molecular complexity index is 172. The van der Waals surface area contributed by atoms with E-state index in [0.29, 0.717) is 0 Å². The Balaban J connectivity index is -0.0000000613. The van der Waals surface area contributed by atoms with Crippen LogP contribution in [0.1, 0.15) is 79.1 Å². The van der Waals surface area contributed by atoms with Gasteiger partial charge in [-0.3, -0.25) is 0 Å². The number of unbranched alkanes of at least 4 members (excludes halogenated alkanes) is 4. The van der Waals surface area contributed by atoms with Crippen LogP contribution >= 0.6 is 0 Å².